The first-order valence-corrected chi connectivity index (χ1v) is 10.6. The number of carbonyl (C=O) groups excluding carboxylic acids is 1. The smallest absolute Gasteiger partial charge is 0.260 e. The summed E-state index contributed by atoms with van der Waals surface area (Å²) < 4.78 is 14.5. The van der Waals surface area contributed by atoms with E-state index in [4.69, 9.17) is 9.47 Å². The van der Waals surface area contributed by atoms with Crippen molar-refractivity contribution in [3.63, 3.8) is 0 Å². The third-order valence-electron chi connectivity index (χ3n) is 6.15. The predicted octanol–water partition coefficient (Wildman–Crippen LogP) is 4.29. The molecule has 1 unspecified atom stereocenters. The Balaban J connectivity index is 1.24. The van der Waals surface area contributed by atoms with Crippen molar-refractivity contribution in [3.8, 4) is 11.5 Å². The first kappa shape index (κ1) is 18.8. The van der Waals surface area contributed by atoms with Crippen molar-refractivity contribution in [2.75, 3.05) is 19.7 Å². The summed E-state index contributed by atoms with van der Waals surface area (Å²) in [7, 11) is 0. The summed E-state index contributed by atoms with van der Waals surface area (Å²) in [6, 6.07) is 22.1. The first-order chi connectivity index (χ1) is 14.8. The second-order valence-electron chi connectivity index (χ2n) is 8.03. The number of piperidine rings is 1. The molecular formula is C25H26N2O3. The minimum atomic E-state index is 0.0153. The van der Waals surface area contributed by atoms with Gasteiger partial charge in [-0.25, -0.2) is 0 Å². The Hall–Kier alpha value is -3.21. The number of nitrogens with zero attached hydrogens (tertiary/aromatic N) is 2. The van der Waals surface area contributed by atoms with Crippen molar-refractivity contribution in [1.29, 1.82) is 0 Å². The molecule has 1 saturated heterocycles. The fourth-order valence-corrected chi connectivity index (χ4v) is 4.50. The largest absolute Gasteiger partial charge is 0.484 e. The van der Waals surface area contributed by atoms with Crippen molar-refractivity contribution >= 4 is 5.91 Å². The average Bonchev–Trinajstić information content (AvgIpc) is 3.19. The Kier molecular flexibility index (Phi) is 5.18. The number of ether oxygens (including phenoxy) is 2. The Morgan fingerprint density at radius 1 is 0.967 bits per heavy atom. The number of rotatable bonds is 4. The molecule has 154 valence electrons. The van der Waals surface area contributed by atoms with E-state index < -0.39 is 0 Å². The van der Waals surface area contributed by atoms with Crippen LogP contribution in [0.1, 0.15) is 30.2 Å². The summed E-state index contributed by atoms with van der Waals surface area (Å²) >= 11 is 0. The first-order valence-electron chi connectivity index (χ1n) is 10.6. The van der Waals surface area contributed by atoms with Crippen LogP contribution in [0.5, 0.6) is 11.5 Å². The van der Waals surface area contributed by atoms with E-state index >= 15 is 0 Å². The Morgan fingerprint density at radius 2 is 1.73 bits per heavy atom. The van der Waals surface area contributed by atoms with Crippen LogP contribution in [0.2, 0.25) is 0 Å². The molecular weight excluding hydrogens is 376 g/mol. The van der Waals surface area contributed by atoms with Crippen LogP contribution in [-0.2, 0) is 11.3 Å². The average molecular weight is 402 g/mol. The van der Waals surface area contributed by atoms with Crippen molar-refractivity contribution in [2.24, 2.45) is 5.92 Å². The second kappa shape index (κ2) is 8.27. The number of fused-ring (bicyclic) bond motifs is 2. The van der Waals surface area contributed by atoms with Gasteiger partial charge in [0.1, 0.15) is 17.6 Å². The number of likely N-dealkylation sites (tertiary alicyclic amines) is 1. The van der Waals surface area contributed by atoms with Gasteiger partial charge in [-0.2, -0.15) is 0 Å². The zero-order chi connectivity index (χ0) is 20.3. The number of para-hydroxylation sites is 2. The van der Waals surface area contributed by atoms with E-state index in [-0.39, 0.29) is 18.6 Å². The van der Waals surface area contributed by atoms with E-state index in [1.807, 2.05) is 41.3 Å². The standard InChI is InChI=1S/C25H26N2O3/c28-24(18-29-21-8-2-1-3-9-21)26-15-12-19(13-16-26)25-22-10-6-14-27(22)17-20-7-4-5-11-23(20)30-25/h1-11,14,19,25H,12-13,15-18H2. The molecule has 5 heteroatoms. The highest BCUT2D eigenvalue weighted by Gasteiger charge is 2.34. The van der Waals surface area contributed by atoms with E-state index in [0.29, 0.717) is 5.92 Å². The van der Waals surface area contributed by atoms with Gasteiger partial charge in [0.05, 0.1) is 12.2 Å². The molecule has 1 atom stereocenters. The van der Waals surface area contributed by atoms with Crippen LogP contribution in [0.4, 0.5) is 0 Å². The fraction of sp³-hybridized carbons (Fsp3) is 0.320. The number of aromatic nitrogens is 1. The number of amides is 1. The van der Waals surface area contributed by atoms with Gasteiger partial charge in [-0.15, -0.1) is 0 Å². The molecule has 2 aliphatic rings. The van der Waals surface area contributed by atoms with E-state index in [0.717, 1.165) is 44.0 Å². The lowest BCUT2D eigenvalue weighted by Gasteiger charge is -2.36. The minimum absolute atomic E-state index is 0.0153. The molecule has 2 aromatic carbocycles. The monoisotopic (exact) mass is 402 g/mol. The predicted molar refractivity (Wildman–Crippen MR) is 115 cm³/mol. The summed E-state index contributed by atoms with van der Waals surface area (Å²) in [4.78, 5) is 14.5. The SMILES string of the molecule is O=C(COc1ccccc1)N1CCC(C2Oc3ccccc3Cn3cccc32)CC1. The minimum Gasteiger partial charge on any atom is -0.484 e. The van der Waals surface area contributed by atoms with Crippen LogP contribution in [0.25, 0.3) is 0 Å². The molecule has 3 heterocycles. The molecule has 0 bridgehead atoms. The van der Waals surface area contributed by atoms with E-state index in [9.17, 15) is 4.79 Å². The summed E-state index contributed by atoms with van der Waals surface area (Å²) in [5, 5.41) is 0. The van der Waals surface area contributed by atoms with Crippen LogP contribution in [-0.4, -0.2) is 35.1 Å². The van der Waals surface area contributed by atoms with Gasteiger partial charge in [-0.1, -0.05) is 36.4 Å². The highest BCUT2D eigenvalue weighted by Crippen LogP contribution is 2.39. The second-order valence-corrected chi connectivity index (χ2v) is 8.03. The summed E-state index contributed by atoms with van der Waals surface area (Å²) in [5.74, 6) is 2.13. The lowest BCUT2D eigenvalue weighted by molar-refractivity contribution is -0.135. The van der Waals surface area contributed by atoms with Gasteiger partial charge in [-0.3, -0.25) is 4.79 Å². The van der Waals surface area contributed by atoms with Crippen LogP contribution < -0.4 is 9.47 Å². The lowest BCUT2D eigenvalue weighted by Crippen LogP contribution is -2.42. The number of hydrogen-bond acceptors (Lipinski definition) is 3. The topological polar surface area (TPSA) is 43.7 Å². The van der Waals surface area contributed by atoms with Gasteiger partial charge >= 0.3 is 0 Å². The zero-order valence-corrected chi connectivity index (χ0v) is 16.9. The molecule has 1 aromatic heterocycles. The number of carbonyl (C=O) groups is 1. The van der Waals surface area contributed by atoms with Gasteiger partial charge in [0.2, 0.25) is 0 Å². The van der Waals surface area contributed by atoms with Crippen molar-refractivity contribution in [3.05, 3.63) is 84.2 Å². The van der Waals surface area contributed by atoms with Gasteiger partial charge in [0.25, 0.3) is 5.91 Å². The van der Waals surface area contributed by atoms with Crippen molar-refractivity contribution < 1.29 is 14.3 Å². The van der Waals surface area contributed by atoms with Gasteiger partial charge < -0.3 is 18.9 Å². The van der Waals surface area contributed by atoms with E-state index in [1.54, 1.807) is 0 Å². The molecule has 0 radical (unpaired) electrons. The third-order valence-corrected chi connectivity index (χ3v) is 6.15. The van der Waals surface area contributed by atoms with Crippen LogP contribution in [0.3, 0.4) is 0 Å². The highest BCUT2D eigenvalue weighted by atomic mass is 16.5. The molecule has 0 N–H and O–H groups in total. The van der Waals surface area contributed by atoms with Gasteiger partial charge in [-0.05, 0) is 43.2 Å². The van der Waals surface area contributed by atoms with Crippen LogP contribution >= 0.6 is 0 Å². The summed E-state index contributed by atoms with van der Waals surface area (Å²) in [6.45, 7) is 2.40. The lowest BCUT2D eigenvalue weighted by atomic mass is 9.89. The van der Waals surface area contributed by atoms with E-state index in [1.165, 1.54) is 11.3 Å². The highest BCUT2D eigenvalue weighted by molar-refractivity contribution is 5.77. The Morgan fingerprint density at radius 3 is 2.57 bits per heavy atom. The third kappa shape index (κ3) is 3.80. The van der Waals surface area contributed by atoms with Crippen molar-refractivity contribution in [1.82, 2.24) is 9.47 Å². The van der Waals surface area contributed by atoms with E-state index in [2.05, 4.69) is 41.1 Å². The molecule has 30 heavy (non-hydrogen) atoms. The maximum atomic E-state index is 12.6. The molecule has 0 aliphatic carbocycles. The molecule has 5 rings (SSSR count). The normalized spacial score (nSPS) is 18.7. The zero-order valence-electron chi connectivity index (χ0n) is 16.9. The van der Waals surface area contributed by atoms with Crippen molar-refractivity contribution in [2.45, 2.75) is 25.5 Å². The maximum Gasteiger partial charge on any atom is 0.260 e. The van der Waals surface area contributed by atoms with Crippen LogP contribution in [0.15, 0.2) is 72.9 Å². The Bertz CT molecular complexity index is 1010. The molecule has 1 fully saturated rings. The molecule has 3 aromatic rings. The summed E-state index contributed by atoms with van der Waals surface area (Å²) in [5.41, 5.74) is 2.44. The molecule has 1 amide bonds. The van der Waals surface area contributed by atoms with Crippen LogP contribution in [0, 0.1) is 5.92 Å². The molecule has 0 saturated carbocycles. The van der Waals surface area contributed by atoms with Gasteiger partial charge in [0, 0.05) is 30.8 Å². The number of hydrogen-bond donors (Lipinski definition) is 0. The number of benzene rings is 2. The quantitative estimate of drug-likeness (QED) is 0.654. The Labute approximate surface area is 176 Å². The molecule has 2 aliphatic heterocycles. The molecule has 0 spiro atoms. The fourth-order valence-electron chi connectivity index (χ4n) is 4.50. The maximum absolute atomic E-state index is 12.6. The summed E-state index contributed by atoms with van der Waals surface area (Å²) in [6.07, 6.45) is 4.00. The molecule has 5 nitrogen and oxygen atoms in total. The van der Waals surface area contributed by atoms with Gasteiger partial charge in [0.15, 0.2) is 6.61 Å².